The Morgan fingerprint density at radius 1 is 1.28 bits per heavy atom. The summed E-state index contributed by atoms with van der Waals surface area (Å²) in [5, 5.41) is 3.13. The third kappa shape index (κ3) is 3.19. The van der Waals surface area contributed by atoms with Gasteiger partial charge in [0.15, 0.2) is 0 Å². The van der Waals surface area contributed by atoms with Crippen LogP contribution in [0.2, 0.25) is 10.3 Å². The fraction of sp³-hybridized carbons (Fsp3) is 0. The van der Waals surface area contributed by atoms with Crippen LogP contribution in [0.5, 0.6) is 0 Å². The lowest BCUT2D eigenvalue weighted by molar-refractivity contribution is 0.102. The van der Waals surface area contributed by atoms with Gasteiger partial charge in [-0.2, -0.15) is 0 Å². The number of carbonyl (C=O) groups is 1. The van der Waals surface area contributed by atoms with E-state index in [1.165, 1.54) is 6.20 Å². The van der Waals surface area contributed by atoms with Gasteiger partial charge in [-0.05, 0) is 51.8 Å². The number of anilines is 1. The summed E-state index contributed by atoms with van der Waals surface area (Å²) in [6, 6.07) is 6.45. The van der Waals surface area contributed by atoms with Crippen LogP contribution in [0.3, 0.4) is 0 Å². The van der Waals surface area contributed by atoms with Crippen LogP contribution >= 0.6 is 39.1 Å². The molecular weight excluding hydrogens is 341 g/mol. The standard InChI is InChI=1S/C11H6BrCl2N3O/c12-7-2-1-6(5-8(7)13)10(18)16-9-3-4-15-11(14)17-9/h1-5H,(H,15,16,17,18). The minimum absolute atomic E-state index is 0.0710. The molecule has 0 aliphatic heterocycles. The van der Waals surface area contributed by atoms with Gasteiger partial charge < -0.3 is 5.32 Å². The largest absolute Gasteiger partial charge is 0.306 e. The molecule has 1 heterocycles. The molecule has 1 amide bonds. The third-order valence-corrected chi connectivity index (χ3v) is 3.46. The molecule has 0 fully saturated rings. The topological polar surface area (TPSA) is 54.9 Å². The smallest absolute Gasteiger partial charge is 0.256 e. The molecule has 0 aliphatic carbocycles. The first-order valence-corrected chi connectivity index (χ1v) is 6.36. The van der Waals surface area contributed by atoms with Crippen molar-refractivity contribution in [3.05, 3.63) is 50.8 Å². The van der Waals surface area contributed by atoms with Crippen LogP contribution in [0.25, 0.3) is 0 Å². The van der Waals surface area contributed by atoms with E-state index in [9.17, 15) is 4.79 Å². The molecule has 4 nitrogen and oxygen atoms in total. The molecule has 0 aliphatic rings. The molecule has 2 aromatic rings. The van der Waals surface area contributed by atoms with Crippen LogP contribution < -0.4 is 5.32 Å². The average Bonchev–Trinajstić information content (AvgIpc) is 2.32. The van der Waals surface area contributed by atoms with E-state index in [1.54, 1.807) is 24.3 Å². The van der Waals surface area contributed by atoms with E-state index >= 15 is 0 Å². The normalized spacial score (nSPS) is 10.2. The van der Waals surface area contributed by atoms with Crippen molar-refractivity contribution in [3.8, 4) is 0 Å². The molecule has 0 radical (unpaired) electrons. The monoisotopic (exact) mass is 345 g/mol. The van der Waals surface area contributed by atoms with E-state index < -0.39 is 0 Å². The molecule has 1 N–H and O–H groups in total. The molecule has 18 heavy (non-hydrogen) atoms. The van der Waals surface area contributed by atoms with E-state index in [0.29, 0.717) is 16.4 Å². The highest BCUT2D eigenvalue weighted by Crippen LogP contribution is 2.23. The zero-order chi connectivity index (χ0) is 13.1. The van der Waals surface area contributed by atoms with Gasteiger partial charge in [-0.25, -0.2) is 9.97 Å². The lowest BCUT2D eigenvalue weighted by atomic mass is 10.2. The first-order chi connectivity index (χ1) is 8.56. The Labute approximate surface area is 121 Å². The average molecular weight is 347 g/mol. The Bertz CT molecular complexity index is 607. The molecule has 0 saturated carbocycles. The maximum absolute atomic E-state index is 11.9. The first-order valence-electron chi connectivity index (χ1n) is 4.81. The highest BCUT2D eigenvalue weighted by Gasteiger charge is 2.09. The highest BCUT2D eigenvalue weighted by molar-refractivity contribution is 9.10. The molecule has 1 aromatic carbocycles. The SMILES string of the molecule is O=C(Nc1ccnc(Cl)n1)c1ccc(Br)c(Cl)c1. The number of hydrogen-bond donors (Lipinski definition) is 1. The summed E-state index contributed by atoms with van der Waals surface area (Å²) in [5.41, 5.74) is 0.429. The fourth-order valence-electron chi connectivity index (χ4n) is 1.23. The number of carbonyl (C=O) groups excluding carboxylic acids is 1. The first kappa shape index (κ1) is 13.3. The number of amides is 1. The molecule has 7 heteroatoms. The summed E-state index contributed by atoms with van der Waals surface area (Å²) in [6.07, 6.45) is 1.46. The van der Waals surface area contributed by atoms with Crippen LogP contribution in [0, 0.1) is 0 Å². The summed E-state index contributed by atoms with van der Waals surface area (Å²) in [7, 11) is 0. The predicted molar refractivity (Wildman–Crippen MR) is 74.1 cm³/mol. The Hall–Kier alpha value is -1.17. The second kappa shape index (κ2) is 5.65. The van der Waals surface area contributed by atoms with Crippen molar-refractivity contribution in [2.45, 2.75) is 0 Å². The molecule has 92 valence electrons. The second-order valence-corrected chi connectivity index (χ2v) is 4.89. The van der Waals surface area contributed by atoms with Gasteiger partial charge in [0, 0.05) is 16.2 Å². The summed E-state index contributed by atoms with van der Waals surface area (Å²) >= 11 is 14.8. The van der Waals surface area contributed by atoms with Crippen LogP contribution in [0.1, 0.15) is 10.4 Å². The Kier molecular flexibility index (Phi) is 4.16. The van der Waals surface area contributed by atoms with Crippen molar-refractivity contribution in [2.24, 2.45) is 0 Å². The van der Waals surface area contributed by atoms with Crippen molar-refractivity contribution < 1.29 is 4.79 Å². The van der Waals surface area contributed by atoms with Gasteiger partial charge in [0.1, 0.15) is 5.82 Å². The van der Waals surface area contributed by atoms with Crippen molar-refractivity contribution in [1.82, 2.24) is 9.97 Å². The van der Waals surface area contributed by atoms with Gasteiger partial charge in [0.05, 0.1) is 5.02 Å². The van der Waals surface area contributed by atoms with E-state index in [0.717, 1.165) is 4.47 Å². The van der Waals surface area contributed by atoms with Crippen molar-refractivity contribution in [1.29, 1.82) is 0 Å². The minimum Gasteiger partial charge on any atom is -0.306 e. The van der Waals surface area contributed by atoms with Gasteiger partial charge in [-0.15, -0.1) is 0 Å². The number of aromatic nitrogens is 2. The Morgan fingerprint density at radius 2 is 2.06 bits per heavy atom. The minimum atomic E-state index is -0.320. The molecule has 0 unspecified atom stereocenters. The van der Waals surface area contributed by atoms with E-state index in [2.05, 4.69) is 31.2 Å². The predicted octanol–water partition coefficient (Wildman–Crippen LogP) is 3.80. The van der Waals surface area contributed by atoms with E-state index in [1.807, 2.05) is 0 Å². The van der Waals surface area contributed by atoms with E-state index in [4.69, 9.17) is 23.2 Å². The Balaban J connectivity index is 2.19. The zero-order valence-corrected chi connectivity index (χ0v) is 11.9. The number of halogens is 3. The van der Waals surface area contributed by atoms with Gasteiger partial charge in [-0.3, -0.25) is 4.79 Å². The number of benzene rings is 1. The molecular formula is C11H6BrCl2N3O. The summed E-state index contributed by atoms with van der Waals surface area (Å²) in [5.74, 6) is 0.0122. The van der Waals surface area contributed by atoms with Gasteiger partial charge >= 0.3 is 0 Å². The third-order valence-electron chi connectivity index (χ3n) is 2.05. The summed E-state index contributed by atoms with van der Waals surface area (Å²) in [6.45, 7) is 0. The molecule has 0 spiro atoms. The van der Waals surface area contributed by atoms with Crippen molar-refractivity contribution in [2.75, 3.05) is 5.32 Å². The van der Waals surface area contributed by atoms with Gasteiger partial charge in [-0.1, -0.05) is 11.6 Å². The van der Waals surface area contributed by atoms with Crippen LogP contribution in [0.4, 0.5) is 5.82 Å². The molecule has 0 bridgehead atoms. The van der Waals surface area contributed by atoms with Gasteiger partial charge in [0.2, 0.25) is 5.28 Å². The summed E-state index contributed by atoms with van der Waals surface area (Å²) < 4.78 is 0.728. The quantitative estimate of drug-likeness (QED) is 0.841. The molecule has 2 rings (SSSR count). The van der Waals surface area contributed by atoms with Crippen molar-refractivity contribution in [3.63, 3.8) is 0 Å². The zero-order valence-electron chi connectivity index (χ0n) is 8.82. The van der Waals surface area contributed by atoms with Crippen molar-refractivity contribution >= 4 is 50.9 Å². The number of nitrogens with zero attached hydrogens (tertiary/aromatic N) is 2. The Morgan fingerprint density at radius 3 is 2.72 bits per heavy atom. The maximum atomic E-state index is 11.9. The number of hydrogen-bond acceptors (Lipinski definition) is 3. The lowest BCUT2D eigenvalue weighted by Crippen LogP contribution is -2.13. The maximum Gasteiger partial charge on any atom is 0.256 e. The van der Waals surface area contributed by atoms with E-state index in [-0.39, 0.29) is 11.2 Å². The van der Waals surface area contributed by atoms with Gasteiger partial charge in [0.25, 0.3) is 5.91 Å². The van der Waals surface area contributed by atoms with Crippen LogP contribution in [0.15, 0.2) is 34.9 Å². The molecule has 0 saturated heterocycles. The molecule has 0 atom stereocenters. The van der Waals surface area contributed by atoms with Crippen LogP contribution in [-0.4, -0.2) is 15.9 Å². The summed E-state index contributed by atoms with van der Waals surface area (Å²) in [4.78, 5) is 19.5. The molecule has 1 aromatic heterocycles. The highest BCUT2D eigenvalue weighted by atomic mass is 79.9. The van der Waals surface area contributed by atoms with Crippen LogP contribution in [-0.2, 0) is 0 Å². The second-order valence-electron chi connectivity index (χ2n) is 3.29. The number of rotatable bonds is 2. The fourth-order valence-corrected chi connectivity index (χ4v) is 1.80. The number of nitrogens with one attached hydrogen (secondary N) is 1. The lowest BCUT2D eigenvalue weighted by Gasteiger charge is -2.05.